The fourth-order valence-electron chi connectivity index (χ4n) is 2.85. The second-order valence-corrected chi connectivity index (χ2v) is 8.28. The number of amides is 2. The predicted octanol–water partition coefficient (Wildman–Crippen LogP) is 3.05. The summed E-state index contributed by atoms with van der Waals surface area (Å²) in [7, 11) is 1.69. The molecule has 0 spiro atoms. The number of likely N-dealkylation sites (tertiary alicyclic amines) is 1. The zero-order valence-corrected chi connectivity index (χ0v) is 17.1. The van der Waals surface area contributed by atoms with Gasteiger partial charge in [0.2, 0.25) is 5.91 Å². The molecule has 0 bridgehead atoms. The molecule has 1 fully saturated rings. The van der Waals surface area contributed by atoms with Crippen molar-refractivity contribution >= 4 is 40.4 Å². The summed E-state index contributed by atoms with van der Waals surface area (Å²) in [4.78, 5) is 37.3. The largest absolute Gasteiger partial charge is 0.344 e. The van der Waals surface area contributed by atoms with Crippen molar-refractivity contribution in [3.05, 3.63) is 49.3 Å². The van der Waals surface area contributed by atoms with E-state index in [1.165, 1.54) is 6.07 Å². The Morgan fingerprint density at radius 3 is 2.77 bits per heavy atom. The van der Waals surface area contributed by atoms with Gasteiger partial charge in [-0.2, -0.15) is 0 Å². The lowest BCUT2D eigenvalue weighted by Crippen LogP contribution is -2.26. The van der Waals surface area contributed by atoms with Crippen LogP contribution >= 0.6 is 22.9 Å². The Bertz CT molecular complexity index is 1120. The van der Waals surface area contributed by atoms with E-state index in [4.69, 9.17) is 11.6 Å². The maximum atomic E-state index is 13.7. The Kier molecular flexibility index (Phi) is 6.53. The van der Waals surface area contributed by atoms with Crippen LogP contribution in [-0.4, -0.2) is 41.3 Å². The first kappa shape index (κ1) is 21.9. The second-order valence-electron chi connectivity index (χ2n) is 6.62. The zero-order valence-electron chi connectivity index (χ0n) is 15.5. The number of hydrogen-bond donors (Lipinski definition) is 1. The van der Waals surface area contributed by atoms with E-state index in [0.29, 0.717) is 23.1 Å². The molecule has 0 aromatic carbocycles. The maximum absolute atomic E-state index is 13.7. The number of rotatable bonds is 4. The number of hydrogen-bond acceptors (Lipinski definition) is 4. The van der Waals surface area contributed by atoms with Gasteiger partial charge in [-0.25, -0.2) is 13.2 Å². The molecule has 1 N–H and O–H groups in total. The first-order valence-electron chi connectivity index (χ1n) is 8.68. The summed E-state index contributed by atoms with van der Waals surface area (Å²) in [5.41, 5.74) is -0.953. The summed E-state index contributed by atoms with van der Waals surface area (Å²) in [6, 6.07) is 2.20. The number of pyridine rings is 1. The van der Waals surface area contributed by atoms with E-state index < -0.39 is 30.3 Å². The number of nitrogens with zero attached hydrogens (tertiary/aromatic N) is 2. The fourth-order valence-corrected chi connectivity index (χ4v) is 3.94. The lowest BCUT2D eigenvalue weighted by Gasteiger charge is -2.09. The van der Waals surface area contributed by atoms with Gasteiger partial charge < -0.3 is 14.8 Å². The van der Waals surface area contributed by atoms with Crippen molar-refractivity contribution in [2.45, 2.75) is 19.4 Å². The van der Waals surface area contributed by atoms with Crippen molar-refractivity contribution in [2.75, 3.05) is 18.9 Å². The fraction of sp³-hybridized carbons (Fsp3) is 0.316. The average molecular weight is 458 g/mol. The summed E-state index contributed by atoms with van der Waals surface area (Å²) >= 11 is 7.07. The minimum Gasteiger partial charge on any atom is -0.344 e. The van der Waals surface area contributed by atoms with E-state index in [-0.39, 0.29) is 26.7 Å². The first-order valence-corrected chi connectivity index (χ1v) is 9.87. The lowest BCUT2D eigenvalue weighted by atomic mass is 10.1. The van der Waals surface area contributed by atoms with Gasteiger partial charge in [-0.05, 0) is 6.07 Å². The van der Waals surface area contributed by atoms with Gasteiger partial charge in [0.05, 0.1) is 22.7 Å². The third-order valence-electron chi connectivity index (χ3n) is 4.30. The molecule has 1 atom stereocenters. The third kappa shape index (κ3) is 5.04. The Labute approximate surface area is 178 Å². The number of carbonyl (C=O) groups is 2. The molecule has 158 valence electrons. The van der Waals surface area contributed by atoms with Gasteiger partial charge >= 0.3 is 0 Å². The molecule has 3 rings (SSSR count). The molecular weight excluding hydrogens is 443 g/mol. The van der Waals surface area contributed by atoms with Crippen molar-refractivity contribution in [3.8, 4) is 11.8 Å². The third-order valence-corrected chi connectivity index (χ3v) is 5.65. The van der Waals surface area contributed by atoms with Gasteiger partial charge in [0.15, 0.2) is 5.82 Å². The van der Waals surface area contributed by atoms with Gasteiger partial charge in [0.1, 0.15) is 4.34 Å². The van der Waals surface area contributed by atoms with Crippen molar-refractivity contribution in [2.24, 2.45) is 5.92 Å². The SMILES string of the molecule is CN1CC(C#Cc2cc(C(=O)Nc3cc(F)c(=O)n(CC(F)F)c3)sc2Cl)CC1=O. The Morgan fingerprint density at radius 1 is 1.40 bits per heavy atom. The summed E-state index contributed by atoms with van der Waals surface area (Å²) in [6.45, 7) is -0.482. The van der Waals surface area contributed by atoms with Crippen molar-refractivity contribution in [3.63, 3.8) is 0 Å². The number of alkyl halides is 2. The van der Waals surface area contributed by atoms with Crippen LogP contribution in [0.3, 0.4) is 0 Å². The van der Waals surface area contributed by atoms with Gasteiger partial charge in [-0.3, -0.25) is 14.4 Å². The monoisotopic (exact) mass is 457 g/mol. The van der Waals surface area contributed by atoms with Crippen molar-refractivity contribution in [1.29, 1.82) is 0 Å². The molecule has 30 heavy (non-hydrogen) atoms. The van der Waals surface area contributed by atoms with Crippen LogP contribution in [0.1, 0.15) is 21.7 Å². The molecule has 1 unspecified atom stereocenters. The number of nitrogens with one attached hydrogen (secondary N) is 1. The van der Waals surface area contributed by atoms with E-state index in [1.807, 2.05) is 0 Å². The Morgan fingerprint density at radius 2 is 2.13 bits per heavy atom. The van der Waals surface area contributed by atoms with Crippen molar-refractivity contribution < 1.29 is 22.8 Å². The second kappa shape index (κ2) is 8.93. The highest BCUT2D eigenvalue weighted by Crippen LogP contribution is 2.28. The summed E-state index contributed by atoms with van der Waals surface area (Å²) in [5, 5.41) is 2.36. The van der Waals surface area contributed by atoms with E-state index in [1.54, 1.807) is 11.9 Å². The average Bonchev–Trinajstić information content (AvgIpc) is 3.19. The van der Waals surface area contributed by atoms with E-state index >= 15 is 0 Å². The van der Waals surface area contributed by atoms with E-state index in [9.17, 15) is 27.6 Å². The molecule has 0 saturated carbocycles. The highest BCUT2D eigenvalue weighted by Gasteiger charge is 2.25. The van der Waals surface area contributed by atoms with Crippen LogP contribution in [0.4, 0.5) is 18.9 Å². The summed E-state index contributed by atoms with van der Waals surface area (Å²) < 4.78 is 39.6. The Hall–Kier alpha value is -2.77. The van der Waals surface area contributed by atoms with Crippen LogP contribution in [0.5, 0.6) is 0 Å². The van der Waals surface area contributed by atoms with Crippen LogP contribution in [0.25, 0.3) is 0 Å². The zero-order chi connectivity index (χ0) is 22.0. The molecule has 2 amide bonds. The molecule has 6 nitrogen and oxygen atoms in total. The van der Waals surface area contributed by atoms with Gasteiger partial charge in [-0.1, -0.05) is 23.4 Å². The Balaban J connectivity index is 1.76. The minimum absolute atomic E-state index is 0.00573. The van der Waals surface area contributed by atoms with Gasteiger partial charge in [-0.15, -0.1) is 11.3 Å². The molecule has 1 aliphatic heterocycles. The predicted molar refractivity (Wildman–Crippen MR) is 107 cm³/mol. The first-order chi connectivity index (χ1) is 14.1. The van der Waals surface area contributed by atoms with Crippen LogP contribution < -0.4 is 10.9 Å². The van der Waals surface area contributed by atoms with Crippen molar-refractivity contribution in [1.82, 2.24) is 9.47 Å². The number of carbonyl (C=O) groups excluding carboxylic acids is 2. The van der Waals surface area contributed by atoms with Gasteiger partial charge in [0, 0.05) is 38.2 Å². The molecule has 1 saturated heterocycles. The van der Waals surface area contributed by atoms with Gasteiger partial charge in [0.25, 0.3) is 17.9 Å². The van der Waals surface area contributed by atoms with Crippen LogP contribution in [0, 0.1) is 23.6 Å². The van der Waals surface area contributed by atoms with E-state index in [2.05, 4.69) is 17.2 Å². The highest BCUT2D eigenvalue weighted by atomic mass is 35.5. The van der Waals surface area contributed by atoms with Crippen LogP contribution in [0.15, 0.2) is 23.1 Å². The molecule has 11 heteroatoms. The molecule has 0 radical (unpaired) electrons. The van der Waals surface area contributed by atoms with Crippen LogP contribution in [0.2, 0.25) is 4.34 Å². The molecule has 2 aromatic heterocycles. The standard InChI is InChI=1S/C19H15ClF3N3O3S/c1-25-7-10(4-16(25)27)2-3-11-5-14(30-17(11)20)18(28)24-12-6-13(21)19(29)26(8-12)9-15(22)23/h5-6,8,10,15H,4,7,9H2,1H3,(H,24,28). The maximum Gasteiger partial charge on any atom is 0.286 e. The number of anilines is 1. The molecule has 0 aliphatic carbocycles. The van der Waals surface area contributed by atoms with Crippen LogP contribution in [-0.2, 0) is 11.3 Å². The summed E-state index contributed by atoms with van der Waals surface area (Å²) in [6.07, 6.45) is -1.60. The summed E-state index contributed by atoms with van der Waals surface area (Å²) in [5.74, 6) is 3.78. The minimum atomic E-state index is -2.86. The highest BCUT2D eigenvalue weighted by molar-refractivity contribution is 7.18. The normalized spacial score (nSPS) is 16.0. The topological polar surface area (TPSA) is 71.4 Å². The quantitative estimate of drug-likeness (QED) is 0.717. The molecule has 2 aromatic rings. The smallest absolute Gasteiger partial charge is 0.286 e. The number of aromatic nitrogens is 1. The number of halogens is 4. The molecule has 1 aliphatic rings. The molecular formula is C19H15ClF3N3O3S. The lowest BCUT2D eigenvalue weighted by molar-refractivity contribution is -0.126. The molecule has 3 heterocycles. The number of thiophene rings is 1. The van der Waals surface area contributed by atoms with E-state index in [0.717, 1.165) is 23.6 Å².